The van der Waals surface area contributed by atoms with E-state index >= 15 is 0 Å². The molecule has 0 aliphatic carbocycles. The van der Waals surface area contributed by atoms with E-state index in [-0.39, 0.29) is 11.7 Å². The summed E-state index contributed by atoms with van der Waals surface area (Å²) in [6.45, 7) is 4.42. The highest BCUT2D eigenvalue weighted by atomic mass is 19.4. The maximum atomic E-state index is 13.9. The van der Waals surface area contributed by atoms with Crippen LogP contribution in [0.25, 0.3) is 22.3 Å². The number of likely N-dealkylation sites (tertiary alicyclic amines) is 1. The number of carbonyl (C=O) groups excluding carboxylic acids is 1. The Labute approximate surface area is 199 Å². The normalized spacial score (nSPS) is 18.3. The molecule has 0 bridgehead atoms. The van der Waals surface area contributed by atoms with E-state index in [1.165, 1.54) is 18.2 Å². The summed E-state index contributed by atoms with van der Waals surface area (Å²) in [4.78, 5) is 27.9. The number of ether oxygens (including phenoxy) is 1. The third-order valence-electron chi connectivity index (χ3n) is 6.43. The second kappa shape index (κ2) is 8.41. The van der Waals surface area contributed by atoms with Crippen LogP contribution in [0.2, 0.25) is 0 Å². The number of halogens is 3. The number of nitrogens with one attached hydrogen (secondary N) is 1. The van der Waals surface area contributed by atoms with E-state index in [2.05, 4.69) is 19.7 Å². The number of aromatic nitrogens is 3. The summed E-state index contributed by atoms with van der Waals surface area (Å²) in [5.74, 6) is 0.0468. The number of carbonyl (C=O) groups is 1. The van der Waals surface area contributed by atoms with E-state index < -0.39 is 11.9 Å². The number of H-pyrrole nitrogens is 1. The minimum absolute atomic E-state index is 0.146. The van der Waals surface area contributed by atoms with Gasteiger partial charge < -0.3 is 14.6 Å². The molecular weight excluding hydrogens is 457 g/mol. The summed E-state index contributed by atoms with van der Waals surface area (Å²) in [7, 11) is 0. The number of rotatable bonds is 4. The average molecular weight is 480 g/mol. The molecule has 0 radical (unpaired) electrons. The van der Waals surface area contributed by atoms with Gasteiger partial charge in [-0.1, -0.05) is 17.7 Å². The van der Waals surface area contributed by atoms with Gasteiger partial charge in [-0.2, -0.15) is 0 Å². The van der Waals surface area contributed by atoms with Gasteiger partial charge in [0.25, 0.3) is 5.91 Å². The van der Waals surface area contributed by atoms with Crippen molar-refractivity contribution in [2.24, 2.45) is 0 Å². The van der Waals surface area contributed by atoms with Crippen LogP contribution in [0, 0.1) is 6.92 Å². The molecule has 180 valence electrons. The number of aromatic amines is 1. The third-order valence-corrected chi connectivity index (χ3v) is 6.43. The van der Waals surface area contributed by atoms with Crippen molar-refractivity contribution in [1.82, 2.24) is 19.9 Å². The Morgan fingerprint density at radius 1 is 1.14 bits per heavy atom. The fourth-order valence-electron chi connectivity index (χ4n) is 4.70. The van der Waals surface area contributed by atoms with E-state index in [1.54, 1.807) is 11.1 Å². The maximum absolute atomic E-state index is 13.9. The van der Waals surface area contributed by atoms with Crippen LogP contribution in [0.3, 0.4) is 0 Å². The van der Waals surface area contributed by atoms with Gasteiger partial charge in [0.2, 0.25) is 0 Å². The molecule has 4 aromatic rings. The van der Waals surface area contributed by atoms with Crippen molar-refractivity contribution < 1.29 is 22.7 Å². The van der Waals surface area contributed by atoms with Gasteiger partial charge >= 0.3 is 6.36 Å². The van der Waals surface area contributed by atoms with Gasteiger partial charge in [-0.25, -0.2) is 4.98 Å². The SMILES string of the molecule is Cc1ccc(C(=O)N2CCCC2(C)c2nc3ccc(OC(F)(F)F)cc3[nH]2)c(-c2ccccn2)c1. The fraction of sp³-hybridized carbons (Fsp3) is 0.269. The summed E-state index contributed by atoms with van der Waals surface area (Å²) in [6.07, 6.45) is -1.66. The number of nitrogens with zero attached hydrogens (tertiary/aromatic N) is 3. The van der Waals surface area contributed by atoms with E-state index in [4.69, 9.17) is 0 Å². The Balaban J connectivity index is 1.52. The van der Waals surface area contributed by atoms with E-state index in [0.29, 0.717) is 41.1 Å². The fourth-order valence-corrected chi connectivity index (χ4v) is 4.70. The van der Waals surface area contributed by atoms with Crippen LogP contribution in [-0.2, 0) is 5.54 Å². The zero-order valence-electron chi connectivity index (χ0n) is 19.2. The molecule has 3 heterocycles. The smallest absolute Gasteiger partial charge is 0.406 e. The lowest BCUT2D eigenvalue weighted by molar-refractivity contribution is -0.274. The quantitative estimate of drug-likeness (QED) is 0.390. The van der Waals surface area contributed by atoms with E-state index in [1.807, 2.05) is 50.2 Å². The number of hydrogen-bond acceptors (Lipinski definition) is 4. The lowest BCUT2D eigenvalue weighted by Crippen LogP contribution is -2.43. The van der Waals surface area contributed by atoms with Crippen molar-refractivity contribution in [3.63, 3.8) is 0 Å². The number of fused-ring (bicyclic) bond motifs is 1. The number of aryl methyl sites for hydroxylation is 1. The molecule has 0 saturated carbocycles. The molecule has 2 aromatic carbocycles. The highest BCUT2D eigenvalue weighted by Crippen LogP contribution is 2.40. The monoisotopic (exact) mass is 480 g/mol. The zero-order valence-corrected chi connectivity index (χ0v) is 19.2. The van der Waals surface area contributed by atoms with Crippen LogP contribution in [0.4, 0.5) is 13.2 Å². The molecule has 1 amide bonds. The number of pyridine rings is 1. The van der Waals surface area contributed by atoms with Gasteiger partial charge in [0.1, 0.15) is 11.6 Å². The first-order chi connectivity index (χ1) is 16.6. The highest BCUT2D eigenvalue weighted by Gasteiger charge is 2.44. The Kier molecular flexibility index (Phi) is 5.50. The van der Waals surface area contributed by atoms with Crippen molar-refractivity contribution in [2.45, 2.75) is 38.6 Å². The van der Waals surface area contributed by atoms with Gasteiger partial charge in [0.05, 0.1) is 22.3 Å². The van der Waals surface area contributed by atoms with Crippen molar-refractivity contribution >= 4 is 16.9 Å². The minimum atomic E-state index is -4.78. The molecule has 1 saturated heterocycles. The number of benzene rings is 2. The molecular formula is C26H23F3N4O2. The van der Waals surface area contributed by atoms with Crippen LogP contribution >= 0.6 is 0 Å². The number of amides is 1. The topological polar surface area (TPSA) is 71.1 Å². The van der Waals surface area contributed by atoms with Gasteiger partial charge in [0, 0.05) is 29.9 Å². The second-order valence-corrected chi connectivity index (χ2v) is 8.91. The van der Waals surface area contributed by atoms with Crippen molar-refractivity contribution in [1.29, 1.82) is 0 Å². The predicted molar refractivity (Wildman–Crippen MR) is 125 cm³/mol. The molecule has 2 aromatic heterocycles. The highest BCUT2D eigenvalue weighted by molar-refractivity contribution is 6.01. The molecule has 1 aliphatic rings. The summed E-state index contributed by atoms with van der Waals surface area (Å²) in [5.41, 5.74) is 3.17. The van der Waals surface area contributed by atoms with Crippen LogP contribution in [0.1, 0.15) is 41.5 Å². The number of imidazole rings is 1. The molecule has 5 rings (SSSR count). The molecule has 1 N–H and O–H groups in total. The molecule has 1 aliphatic heterocycles. The minimum Gasteiger partial charge on any atom is -0.406 e. The van der Waals surface area contributed by atoms with Gasteiger partial charge in [0.15, 0.2) is 0 Å². The van der Waals surface area contributed by atoms with Gasteiger partial charge in [-0.3, -0.25) is 9.78 Å². The molecule has 1 atom stereocenters. The summed E-state index contributed by atoms with van der Waals surface area (Å²) >= 11 is 0. The van der Waals surface area contributed by atoms with Crippen LogP contribution < -0.4 is 4.74 Å². The standard InChI is InChI=1S/C26H23F3N4O2/c1-16-7-9-18(19(14-16)20-6-3-4-12-30-20)23(34)33-13-5-11-25(33,2)24-31-21-10-8-17(15-22(21)32-24)35-26(27,28)29/h3-4,6-10,12,14-15H,5,11,13H2,1-2H3,(H,31,32). The van der Waals surface area contributed by atoms with Crippen molar-refractivity contribution in [3.8, 4) is 17.0 Å². The summed E-state index contributed by atoms with van der Waals surface area (Å²) in [6, 6.07) is 15.2. The first-order valence-corrected chi connectivity index (χ1v) is 11.2. The molecule has 1 fully saturated rings. The van der Waals surface area contributed by atoms with Crippen LogP contribution in [-0.4, -0.2) is 38.7 Å². The van der Waals surface area contributed by atoms with Gasteiger partial charge in [-0.15, -0.1) is 13.2 Å². The first kappa shape index (κ1) is 22.9. The van der Waals surface area contributed by atoms with Crippen LogP contribution in [0.5, 0.6) is 5.75 Å². The Morgan fingerprint density at radius 2 is 1.97 bits per heavy atom. The molecule has 9 heteroatoms. The largest absolute Gasteiger partial charge is 0.573 e. The predicted octanol–water partition coefficient (Wildman–Crippen LogP) is 5.98. The van der Waals surface area contributed by atoms with Crippen molar-refractivity contribution in [2.75, 3.05) is 6.54 Å². The van der Waals surface area contributed by atoms with Crippen molar-refractivity contribution in [3.05, 3.63) is 77.7 Å². The second-order valence-electron chi connectivity index (χ2n) is 8.91. The zero-order chi connectivity index (χ0) is 24.8. The maximum Gasteiger partial charge on any atom is 0.573 e. The summed E-state index contributed by atoms with van der Waals surface area (Å²) in [5, 5.41) is 0. The lowest BCUT2D eigenvalue weighted by atomic mass is 9.95. The third kappa shape index (κ3) is 4.34. The number of alkyl halides is 3. The number of hydrogen-bond donors (Lipinski definition) is 1. The van der Waals surface area contributed by atoms with Gasteiger partial charge in [-0.05, 0) is 63.1 Å². The first-order valence-electron chi connectivity index (χ1n) is 11.2. The molecule has 6 nitrogen and oxygen atoms in total. The Morgan fingerprint density at radius 3 is 2.71 bits per heavy atom. The molecule has 1 unspecified atom stereocenters. The lowest BCUT2D eigenvalue weighted by Gasteiger charge is -2.34. The van der Waals surface area contributed by atoms with E-state index in [9.17, 15) is 18.0 Å². The van der Waals surface area contributed by atoms with Crippen LogP contribution in [0.15, 0.2) is 60.8 Å². The van der Waals surface area contributed by atoms with E-state index in [0.717, 1.165) is 17.5 Å². The Hall–Kier alpha value is -3.88. The summed E-state index contributed by atoms with van der Waals surface area (Å²) < 4.78 is 41.9. The average Bonchev–Trinajstić information content (AvgIpc) is 3.42. The molecule has 35 heavy (non-hydrogen) atoms. The molecule has 0 spiro atoms. The Bertz CT molecular complexity index is 1400.